The first kappa shape index (κ1) is 19.8. The molecule has 2 aromatic carbocycles. The van der Waals surface area contributed by atoms with Crippen molar-refractivity contribution in [3.63, 3.8) is 0 Å². The van der Waals surface area contributed by atoms with Gasteiger partial charge in [0.2, 0.25) is 11.8 Å². The van der Waals surface area contributed by atoms with E-state index in [0.29, 0.717) is 31.0 Å². The molecule has 0 radical (unpaired) electrons. The van der Waals surface area contributed by atoms with Gasteiger partial charge in [0.05, 0.1) is 5.92 Å². The third-order valence-electron chi connectivity index (χ3n) is 6.69. The maximum Gasteiger partial charge on any atom is 0.228 e. The van der Waals surface area contributed by atoms with Crippen molar-refractivity contribution in [3.05, 3.63) is 53.3 Å². The summed E-state index contributed by atoms with van der Waals surface area (Å²) in [6.45, 7) is 1.57. The van der Waals surface area contributed by atoms with E-state index in [1.165, 1.54) is 12.1 Å². The summed E-state index contributed by atoms with van der Waals surface area (Å²) in [6, 6.07) is 10.2. The highest BCUT2D eigenvalue weighted by Gasteiger charge is 2.38. The van der Waals surface area contributed by atoms with E-state index < -0.39 is 11.7 Å². The Morgan fingerprint density at radius 3 is 2.68 bits per heavy atom. The summed E-state index contributed by atoms with van der Waals surface area (Å²) in [7, 11) is 0. The van der Waals surface area contributed by atoms with Crippen molar-refractivity contribution in [3.8, 4) is 11.5 Å². The Balaban J connectivity index is 1.37. The van der Waals surface area contributed by atoms with E-state index in [0.717, 1.165) is 42.7 Å². The summed E-state index contributed by atoms with van der Waals surface area (Å²) in [5.41, 5.74) is 1.99. The van der Waals surface area contributed by atoms with Crippen LogP contribution in [0.25, 0.3) is 0 Å². The molecule has 0 spiro atoms. The summed E-state index contributed by atoms with van der Waals surface area (Å²) >= 11 is 0. The number of benzene rings is 2. The van der Waals surface area contributed by atoms with Gasteiger partial charge >= 0.3 is 0 Å². The van der Waals surface area contributed by atoms with Crippen molar-refractivity contribution in [2.75, 3.05) is 25.1 Å². The van der Waals surface area contributed by atoms with Crippen LogP contribution in [-0.4, -0.2) is 31.6 Å². The first-order chi connectivity index (χ1) is 15.0. The zero-order chi connectivity index (χ0) is 21.4. The Morgan fingerprint density at radius 2 is 1.87 bits per heavy atom. The summed E-state index contributed by atoms with van der Waals surface area (Å²) in [5, 5.41) is 5.77. The number of carbonyl (C=O) groups is 2. The monoisotopic (exact) mass is 424 g/mol. The van der Waals surface area contributed by atoms with Crippen LogP contribution in [-0.2, 0) is 15.0 Å². The van der Waals surface area contributed by atoms with E-state index in [-0.39, 0.29) is 23.7 Å². The fourth-order valence-electron chi connectivity index (χ4n) is 5.04. The van der Waals surface area contributed by atoms with Crippen molar-refractivity contribution >= 4 is 17.5 Å². The molecule has 0 bridgehead atoms. The van der Waals surface area contributed by atoms with E-state index in [2.05, 4.69) is 16.7 Å². The minimum Gasteiger partial charge on any atom is -0.486 e. The van der Waals surface area contributed by atoms with Crippen molar-refractivity contribution < 1.29 is 23.5 Å². The van der Waals surface area contributed by atoms with Gasteiger partial charge in [0.1, 0.15) is 19.0 Å². The second-order valence-electron chi connectivity index (χ2n) is 8.60. The van der Waals surface area contributed by atoms with Crippen LogP contribution in [0.15, 0.2) is 36.4 Å². The average molecular weight is 424 g/mol. The second-order valence-corrected chi connectivity index (χ2v) is 8.60. The van der Waals surface area contributed by atoms with Gasteiger partial charge in [0.15, 0.2) is 11.5 Å². The van der Waals surface area contributed by atoms with E-state index in [4.69, 9.17) is 9.47 Å². The number of rotatable bonds is 4. The summed E-state index contributed by atoms with van der Waals surface area (Å²) < 4.78 is 25.0. The molecule has 0 saturated heterocycles. The predicted molar refractivity (Wildman–Crippen MR) is 113 cm³/mol. The van der Waals surface area contributed by atoms with E-state index in [1.54, 1.807) is 6.07 Å². The van der Waals surface area contributed by atoms with Gasteiger partial charge in [-0.3, -0.25) is 9.59 Å². The Hall–Kier alpha value is -3.09. The summed E-state index contributed by atoms with van der Waals surface area (Å²) in [6.07, 6.45) is 4.19. The molecule has 162 valence electrons. The molecular weight excluding hydrogens is 399 g/mol. The molecule has 2 aliphatic heterocycles. The lowest BCUT2D eigenvalue weighted by Crippen LogP contribution is -2.42. The molecule has 31 heavy (non-hydrogen) atoms. The molecular formula is C24H25FN2O4. The topological polar surface area (TPSA) is 76.7 Å². The van der Waals surface area contributed by atoms with Crippen LogP contribution in [0.5, 0.6) is 11.5 Å². The van der Waals surface area contributed by atoms with Gasteiger partial charge < -0.3 is 20.1 Å². The van der Waals surface area contributed by atoms with Crippen LogP contribution in [0, 0.1) is 5.82 Å². The van der Waals surface area contributed by atoms with Crippen LogP contribution in [0.4, 0.5) is 10.1 Å². The number of fused-ring (bicyclic) bond motifs is 2. The first-order valence-corrected chi connectivity index (χ1v) is 10.8. The molecule has 2 amide bonds. The lowest BCUT2D eigenvalue weighted by molar-refractivity contribution is -0.126. The first-order valence-electron chi connectivity index (χ1n) is 10.8. The maximum atomic E-state index is 13.6. The van der Waals surface area contributed by atoms with Crippen LogP contribution < -0.4 is 20.1 Å². The molecule has 2 N–H and O–H groups in total. The van der Waals surface area contributed by atoms with Gasteiger partial charge in [0.25, 0.3) is 0 Å². The minimum atomic E-state index is -0.622. The molecule has 7 heteroatoms. The molecule has 5 rings (SSSR count). The second kappa shape index (κ2) is 7.87. The number of nitrogens with one attached hydrogen (secondary N) is 2. The highest BCUT2D eigenvalue weighted by molar-refractivity contribution is 6.01. The molecule has 1 fully saturated rings. The van der Waals surface area contributed by atoms with Gasteiger partial charge in [-0.1, -0.05) is 25.0 Å². The Labute approximate surface area is 180 Å². The normalized spacial score (nSPS) is 21.2. The zero-order valence-electron chi connectivity index (χ0n) is 17.2. The van der Waals surface area contributed by atoms with Crippen molar-refractivity contribution in [1.82, 2.24) is 5.32 Å². The smallest absolute Gasteiger partial charge is 0.228 e. The quantitative estimate of drug-likeness (QED) is 0.786. The van der Waals surface area contributed by atoms with Crippen molar-refractivity contribution in [2.45, 2.75) is 43.4 Å². The summed E-state index contributed by atoms with van der Waals surface area (Å²) in [5.74, 6) is -0.0376. The highest BCUT2D eigenvalue weighted by Crippen LogP contribution is 2.44. The molecule has 1 aliphatic carbocycles. The number of anilines is 1. The van der Waals surface area contributed by atoms with Gasteiger partial charge in [-0.05, 0) is 48.2 Å². The van der Waals surface area contributed by atoms with Gasteiger partial charge in [-0.15, -0.1) is 0 Å². The molecule has 1 saturated carbocycles. The van der Waals surface area contributed by atoms with Crippen LogP contribution in [0.2, 0.25) is 0 Å². The molecule has 1 unspecified atom stereocenters. The average Bonchev–Trinajstić information content (AvgIpc) is 3.26. The Bertz CT molecular complexity index is 1030. The zero-order valence-corrected chi connectivity index (χ0v) is 17.2. The molecule has 3 aliphatic rings. The fourth-order valence-corrected chi connectivity index (χ4v) is 5.04. The maximum absolute atomic E-state index is 13.6. The van der Waals surface area contributed by atoms with Crippen molar-refractivity contribution in [2.24, 2.45) is 0 Å². The van der Waals surface area contributed by atoms with E-state index in [9.17, 15) is 14.0 Å². The number of carbonyl (C=O) groups excluding carboxylic acids is 2. The third-order valence-corrected chi connectivity index (χ3v) is 6.69. The Morgan fingerprint density at radius 1 is 1.10 bits per heavy atom. The number of hydrogen-bond donors (Lipinski definition) is 2. The van der Waals surface area contributed by atoms with Crippen LogP contribution in [0.1, 0.15) is 49.1 Å². The fraction of sp³-hybridized carbons (Fsp3) is 0.417. The van der Waals surface area contributed by atoms with Crippen molar-refractivity contribution in [1.29, 1.82) is 0 Å². The number of ether oxygens (including phenoxy) is 2. The van der Waals surface area contributed by atoms with Crippen LogP contribution >= 0.6 is 0 Å². The molecule has 2 heterocycles. The molecule has 0 aromatic heterocycles. The molecule has 6 nitrogen and oxygen atoms in total. The minimum absolute atomic E-state index is 0.0570. The Kier molecular flexibility index (Phi) is 5.04. The summed E-state index contributed by atoms with van der Waals surface area (Å²) in [4.78, 5) is 25.2. The predicted octanol–water partition coefficient (Wildman–Crippen LogP) is 3.65. The van der Waals surface area contributed by atoms with Gasteiger partial charge in [0, 0.05) is 24.1 Å². The number of hydrogen-bond acceptors (Lipinski definition) is 4. The van der Waals surface area contributed by atoms with E-state index in [1.807, 2.05) is 12.1 Å². The SMILES string of the molecule is O=C1CC(C(=O)NCC2(c3ccc4c(c3)OCCO4)CCCC2)c2ccc(F)cc2N1. The van der Waals surface area contributed by atoms with Crippen LogP contribution in [0.3, 0.4) is 0 Å². The lowest BCUT2D eigenvalue weighted by atomic mass is 9.78. The lowest BCUT2D eigenvalue weighted by Gasteiger charge is -2.32. The highest BCUT2D eigenvalue weighted by atomic mass is 19.1. The van der Waals surface area contributed by atoms with E-state index >= 15 is 0 Å². The molecule has 2 aromatic rings. The number of halogens is 1. The molecule has 1 atom stereocenters. The standard InChI is InChI=1S/C24H25FN2O4/c25-16-4-5-17-18(13-22(28)27-19(17)12-16)23(29)26-14-24(7-1-2-8-24)15-3-6-20-21(11-15)31-10-9-30-20/h3-6,11-12,18H,1-2,7-10,13-14H2,(H,26,29)(H,27,28). The number of amides is 2. The largest absolute Gasteiger partial charge is 0.486 e. The van der Waals surface area contributed by atoms with Gasteiger partial charge in [-0.2, -0.15) is 0 Å². The van der Waals surface area contributed by atoms with Gasteiger partial charge in [-0.25, -0.2) is 4.39 Å². The third kappa shape index (κ3) is 3.73.